The third kappa shape index (κ3) is 3.75. The lowest BCUT2D eigenvalue weighted by Gasteiger charge is -2.47. The minimum absolute atomic E-state index is 0.0146. The molecule has 2 amide bonds. The van der Waals surface area contributed by atoms with Gasteiger partial charge in [-0.2, -0.15) is 0 Å². The number of nitrogens with one attached hydrogen (secondary N) is 1. The number of fused-ring (bicyclic) bond motifs is 3. The highest BCUT2D eigenvalue weighted by Crippen LogP contribution is 2.45. The Balaban J connectivity index is 1.17. The zero-order chi connectivity index (χ0) is 23.2. The Bertz CT molecular complexity index is 1070. The number of hydrogen-bond donors (Lipinski definition) is 2. The van der Waals surface area contributed by atoms with Crippen LogP contribution in [0.15, 0.2) is 48.5 Å². The predicted molar refractivity (Wildman–Crippen MR) is 122 cm³/mol. The van der Waals surface area contributed by atoms with Gasteiger partial charge in [-0.15, -0.1) is 0 Å². The van der Waals surface area contributed by atoms with Gasteiger partial charge >= 0.3 is 12.1 Å². The third-order valence-electron chi connectivity index (χ3n) is 7.52. The molecule has 2 fully saturated rings. The summed E-state index contributed by atoms with van der Waals surface area (Å²) in [5.41, 5.74) is 3.24. The number of likely N-dealkylation sites (tertiary alicyclic amines) is 1. The first kappa shape index (κ1) is 21.5. The third-order valence-corrected chi connectivity index (χ3v) is 7.52. The second-order valence-corrected chi connectivity index (χ2v) is 9.60. The molecule has 5 rings (SSSR count). The summed E-state index contributed by atoms with van der Waals surface area (Å²) in [6.07, 6.45) is 1.59. The molecule has 1 aliphatic heterocycles. The highest BCUT2D eigenvalue weighted by atomic mass is 16.5. The van der Waals surface area contributed by atoms with Gasteiger partial charge in [0.25, 0.3) is 0 Å². The molecule has 2 aromatic rings. The second-order valence-electron chi connectivity index (χ2n) is 9.60. The van der Waals surface area contributed by atoms with Gasteiger partial charge in [-0.1, -0.05) is 55.5 Å². The van der Waals surface area contributed by atoms with E-state index in [1.54, 1.807) is 4.90 Å². The standard InChI is InChI=1S/C26H28N2O5/c1-2-25(23(30)31)15-28(16-25)22(29)13-26(11-12-26)27-24(32)33-14-21-19-9-5-3-7-17(19)18-8-4-6-10-20(18)21/h3-10,21H,2,11-16H2,1H3,(H,27,32)(H,30,31). The molecule has 1 saturated carbocycles. The first-order valence-corrected chi connectivity index (χ1v) is 11.5. The first-order chi connectivity index (χ1) is 15.9. The average molecular weight is 449 g/mol. The van der Waals surface area contributed by atoms with Gasteiger partial charge in [0.1, 0.15) is 12.0 Å². The zero-order valence-electron chi connectivity index (χ0n) is 18.7. The number of aliphatic carboxylic acids is 1. The molecule has 0 unspecified atom stereocenters. The summed E-state index contributed by atoms with van der Waals surface area (Å²) in [4.78, 5) is 38.3. The molecule has 172 valence electrons. The van der Waals surface area contributed by atoms with Crippen LogP contribution in [0.25, 0.3) is 11.1 Å². The normalized spacial score (nSPS) is 19.1. The van der Waals surface area contributed by atoms with E-state index in [0.717, 1.165) is 11.1 Å². The minimum Gasteiger partial charge on any atom is -0.481 e. The van der Waals surface area contributed by atoms with Gasteiger partial charge in [0.15, 0.2) is 0 Å². The SMILES string of the molecule is CCC1(C(=O)O)CN(C(=O)CC2(NC(=O)OCC3c4ccccc4-c4ccccc43)CC2)C1. The van der Waals surface area contributed by atoms with Gasteiger partial charge in [-0.3, -0.25) is 9.59 Å². The first-order valence-electron chi connectivity index (χ1n) is 11.5. The smallest absolute Gasteiger partial charge is 0.407 e. The van der Waals surface area contributed by atoms with Gasteiger partial charge in [0.2, 0.25) is 5.91 Å². The van der Waals surface area contributed by atoms with Crippen LogP contribution in [0.4, 0.5) is 4.79 Å². The maximum Gasteiger partial charge on any atom is 0.407 e. The van der Waals surface area contributed by atoms with E-state index >= 15 is 0 Å². The van der Waals surface area contributed by atoms with E-state index in [2.05, 4.69) is 29.6 Å². The molecule has 7 heteroatoms. The van der Waals surface area contributed by atoms with Crippen LogP contribution >= 0.6 is 0 Å². The van der Waals surface area contributed by atoms with Crippen LogP contribution < -0.4 is 5.32 Å². The van der Waals surface area contributed by atoms with Crippen LogP contribution in [0.1, 0.15) is 49.7 Å². The van der Waals surface area contributed by atoms with Gasteiger partial charge in [-0.05, 0) is 41.5 Å². The monoisotopic (exact) mass is 448 g/mol. The van der Waals surface area contributed by atoms with Gasteiger partial charge in [0.05, 0.1) is 12.0 Å². The highest BCUT2D eigenvalue weighted by molar-refractivity contribution is 5.85. The summed E-state index contributed by atoms with van der Waals surface area (Å²) in [6.45, 7) is 2.53. The number of carboxylic acids is 1. The van der Waals surface area contributed by atoms with Crippen LogP contribution in [0, 0.1) is 5.41 Å². The number of rotatable bonds is 7. The topological polar surface area (TPSA) is 95.9 Å². The Morgan fingerprint density at radius 1 is 1.03 bits per heavy atom. The van der Waals surface area contributed by atoms with Crippen molar-refractivity contribution in [1.29, 1.82) is 0 Å². The summed E-state index contributed by atoms with van der Waals surface area (Å²) < 4.78 is 5.63. The van der Waals surface area contributed by atoms with E-state index in [0.29, 0.717) is 19.3 Å². The van der Waals surface area contributed by atoms with Crippen LogP contribution in [0.5, 0.6) is 0 Å². The summed E-state index contributed by atoms with van der Waals surface area (Å²) in [6, 6.07) is 16.3. The molecule has 0 spiro atoms. The molecule has 2 N–H and O–H groups in total. The van der Waals surface area contributed by atoms with E-state index in [1.165, 1.54) is 11.1 Å². The fourth-order valence-electron chi connectivity index (χ4n) is 5.12. The van der Waals surface area contributed by atoms with Crippen LogP contribution in [0.2, 0.25) is 0 Å². The number of nitrogens with zero attached hydrogens (tertiary/aromatic N) is 1. The number of carbonyl (C=O) groups excluding carboxylic acids is 2. The highest BCUT2D eigenvalue weighted by Gasteiger charge is 2.53. The number of amides is 2. The van der Waals surface area contributed by atoms with E-state index in [1.807, 2.05) is 31.2 Å². The van der Waals surface area contributed by atoms with Crippen molar-refractivity contribution in [2.24, 2.45) is 5.41 Å². The fourth-order valence-corrected chi connectivity index (χ4v) is 5.12. The van der Waals surface area contributed by atoms with Crippen LogP contribution in [0.3, 0.4) is 0 Å². The van der Waals surface area contributed by atoms with Crippen molar-refractivity contribution in [3.63, 3.8) is 0 Å². The number of ether oxygens (including phenoxy) is 1. The van der Waals surface area contributed by atoms with Crippen molar-refractivity contribution < 1.29 is 24.2 Å². The molecule has 2 aliphatic carbocycles. The number of carboxylic acid groups (broad SMARTS) is 1. The van der Waals surface area contributed by atoms with E-state index < -0.39 is 23.0 Å². The van der Waals surface area contributed by atoms with Crippen molar-refractivity contribution in [3.8, 4) is 11.1 Å². The molecule has 33 heavy (non-hydrogen) atoms. The number of alkyl carbamates (subject to hydrolysis) is 1. The summed E-state index contributed by atoms with van der Waals surface area (Å²) in [5, 5.41) is 12.3. The summed E-state index contributed by atoms with van der Waals surface area (Å²) in [5.74, 6) is -0.983. The molecule has 7 nitrogen and oxygen atoms in total. The summed E-state index contributed by atoms with van der Waals surface area (Å²) >= 11 is 0. The van der Waals surface area contributed by atoms with Crippen molar-refractivity contribution >= 4 is 18.0 Å². The van der Waals surface area contributed by atoms with Crippen molar-refractivity contribution in [3.05, 3.63) is 59.7 Å². The molecule has 2 aromatic carbocycles. The molecule has 0 radical (unpaired) electrons. The molecular formula is C26H28N2O5. The molecule has 3 aliphatic rings. The van der Waals surface area contributed by atoms with Crippen LogP contribution in [-0.4, -0.2) is 53.2 Å². The minimum atomic E-state index is -0.855. The Kier molecular flexibility index (Phi) is 5.15. The Labute approximate surface area is 192 Å². The Morgan fingerprint density at radius 3 is 2.12 bits per heavy atom. The lowest BCUT2D eigenvalue weighted by Crippen LogP contribution is -2.62. The number of hydrogen-bond acceptors (Lipinski definition) is 4. The maximum absolute atomic E-state index is 12.7. The molecule has 0 atom stereocenters. The van der Waals surface area contributed by atoms with Crippen molar-refractivity contribution in [2.75, 3.05) is 19.7 Å². The van der Waals surface area contributed by atoms with Crippen molar-refractivity contribution in [1.82, 2.24) is 10.2 Å². The Hall–Kier alpha value is -3.35. The number of carbonyl (C=O) groups is 3. The molecule has 1 heterocycles. The number of benzene rings is 2. The second kappa shape index (κ2) is 7.90. The molecule has 0 bridgehead atoms. The fraction of sp³-hybridized carbons (Fsp3) is 0.423. The van der Waals surface area contributed by atoms with Crippen LogP contribution in [-0.2, 0) is 14.3 Å². The zero-order valence-corrected chi connectivity index (χ0v) is 18.7. The van der Waals surface area contributed by atoms with Gasteiger partial charge in [-0.25, -0.2) is 4.79 Å². The predicted octanol–water partition coefficient (Wildman–Crippen LogP) is 3.77. The molecular weight excluding hydrogens is 420 g/mol. The summed E-state index contributed by atoms with van der Waals surface area (Å²) in [7, 11) is 0. The maximum atomic E-state index is 12.7. The van der Waals surface area contributed by atoms with Crippen molar-refractivity contribution in [2.45, 2.75) is 44.1 Å². The van der Waals surface area contributed by atoms with E-state index in [-0.39, 0.29) is 37.9 Å². The van der Waals surface area contributed by atoms with Gasteiger partial charge in [0, 0.05) is 19.0 Å². The van der Waals surface area contributed by atoms with E-state index in [4.69, 9.17) is 4.74 Å². The Morgan fingerprint density at radius 2 is 1.61 bits per heavy atom. The lowest BCUT2D eigenvalue weighted by molar-refractivity contribution is -0.166. The largest absolute Gasteiger partial charge is 0.481 e. The van der Waals surface area contributed by atoms with Gasteiger partial charge < -0.3 is 20.1 Å². The molecule has 0 aromatic heterocycles. The quantitative estimate of drug-likeness (QED) is 0.672. The lowest BCUT2D eigenvalue weighted by atomic mass is 9.77. The van der Waals surface area contributed by atoms with E-state index in [9.17, 15) is 19.5 Å². The molecule has 1 saturated heterocycles. The average Bonchev–Trinajstić information content (AvgIpc) is 3.44.